The number of likely N-dealkylation sites (tertiary alicyclic amines) is 1. The third-order valence-corrected chi connectivity index (χ3v) is 4.15. The molecule has 106 valence electrons. The molecule has 1 aliphatic heterocycles. The maximum Gasteiger partial charge on any atom is 0.162 e. The van der Waals surface area contributed by atoms with Crippen LogP contribution in [0.3, 0.4) is 0 Å². The average Bonchev–Trinajstić information content (AvgIpc) is 2.41. The Morgan fingerprint density at radius 1 is 1.47 bits per heavy atom. The van der Waals surface area contributed by atoms with Crippen LogP contribution in [0.4, 0.5) is 0 Å². The van der Waals surface area contributed by atoms with E-state index in [1.54, 1.807) is 13.2 Å². The molecule has 0 bridgehead atoms. The normalized spacial score (nSPS) is 24.4. The third-order valence-electron chi connectivity index (χ3n) is 4.15. The van der Waals surface area contributed by atoms with Gasteiger partial charge >= 0.3 is 0 Å². The maximum atomic E-state index is 10.2. The first-order valence-electron chi connectivity index (χ1n) is 6.96. The molecule has 1 aliphatic rings. The van der Waals surface area contributed by atoms with Crippen LogP contribution in [0.2, 0.25) is 0 Å². The number of rotatable bonds is 4. The van der Waals surface area contributed by atoms with Gasteiger partial charge in [0.2, 0.25) is 0 Å². The molecule has 0 saturated carbocycles. The molecule has 0 spiro atoms. The molecule has 4 nitrogen and oxygen atoms in total. The second kappa shape index (κ2) is 6.26. The number of phenols is 1. The van der Waals surface area contributed by atoms with Crippen molar-refractivity contribution in [2.45, 2.75) is 32.4 Å². The van der Waals surface area contributed by atoms with Gasteiger partial charge in [-0.05, 0) is 31.4 Å². The first kappa shape index (κ1) is 14.2. The summed E-state index contributed by atoms with van der Waals surface area (Å²) in [6.45, 7) is 4.71. The Hall–Kier alpha value is -1.26. The molecule has 1 fully saturated rings. The van der Waals surface area contributed by atoms with Gasteiger partial charge in [-0.3, -0.25) is 4.90 Å². The number of phenolic OH excluding ortho intramolecular Hbond substituents is 1. The van der Waals surface area contributed by atoms with Gasteiger partial charge in [0.15, 0.2) is 11.5 Å². The molecule has 2 unspecified atom stereocenters. The van der Waals surface area contributed by atoms with E-state index in [4.69, 9.17) is 10.5 Å². The summed E-state index contributed by atoms with van der Waals surface area (Å²) in [4.78, 5) is 2.38. The lowest BCUT2D eigenvalue weighted by atomic mass is 9.90. The highest BCUT2D eigenvalue weighted by molar-refractivity contribution is 5.45. The lowest BCUT2D eigenvalue weighted by Crippen LogP contribution is -2.48. The lowest BCUT2D eigenvalue weighted by molar-refractivity contribution is 0.0981. The zero-order valence-corrected chi connectivity index (χ0v) is 11.8. The van der Waals surface area contributed by atoms with E-state index in [0.29, 0.717) is 24.3 Å². The number of hydrogen-bond acceptors (Lipinski definition) is 4. The summed E-state index contributed by atoms with van der Waals surface area (Å²) in [5.74, 6) is 1.40. The van der Waals surface area contributed by atoms with Crippen molar-refractivity contribution in [3.63, 3.8) is 0 Å². The van der Waals surface area contributed by atoms with Crippen LogP contribution >= 0.6 is 0 Å². The van der Waals surface area contributed by atoms with Gasteiger partial charge in [-0.25, -0.2) is 0 Å². The molecule has 3 N–H and O–H groups in total. The summed E-state index contributed by atoms with van der Waals surface area (Å²) in [6, 6.07) is 6.04. The molecular weight excluding hydrogens is 240 g/mol. The highest BCUT2D eigenvalue weighted by atomic mass is 16.5. The molecule has 1 saturated heterocycles. The minimum absolute atomic E-state index is 0.249. The number of ether oxygens (including phenoxy) is 1. The number of para-hydroxylation sites is 1. The highest BCUT2D eigenvalue weighted by Crippen LogP contribution is 2.32. The van der Waals surface area contributed by atoms with Crippen LogP contribution in [-0.4, -0.2) is 36.2 Å². The quantitative estimate of drug-likeness (QED) is 0.873. The number of benzene rings is 1. The number of piperidine rings is 1. The van der Waals surface area contributed by atoms with E-state index in [2.05, 4.69) is 11.8 Å². The Balaban J connectivity index is 2.15. The van der Waals surface area contributed by atoms with Crippen LogP contribution in [0, 0.1) is 5.92 Å². The van der Waals surface area contributed by atoms with Crippen molar-refractivity contribution in [1.29, 1.82) is 0 Å². The number of hydrogen-bond donors (Lipinski definition) is 2. The largest absolute Gasteiger partial charge is 0.504 e. The van der Waals surface area contributed by atoms with Crippen molar-refractivity contribution >= 4 is 0 Å². The van der Waals surface area contributed by atoms with Crippen LogP contribution in [-0.2, 0) is 6.54 Å². The van der Waals surface area contributed by atoms with E-state index < -0.39 is 0 Å². The van der Waals surface area contributed by atoms with Gasteiger partial charge in [0, 0.05) is 24.7 Å². The van der Waals surface area contributed by atoms with Crippen LogP contribution < -0.4 is 10.5 Å². The summed E-state index contributed by atoms with van der Waals surface area (Å²) in [5, 5.41) is 10.2. The summed E-state index contributed by atoms with van der Waals surface area (Å²) < 4.78 is 5.16. The Labute approximate surface area is 115 Å². The van der Waals surface area contributed by atoms with E-state index in [1.807, 2.05) is 12.1 Å². The molecule has 0 amide bonds. The summed E-state index contributed by atoms with van der Waals surface area (Å²) in [6.07, 6.45) is 2.44. The number of nitrogens with zero attached hydrogens (tertiary/aromatic N) is 1. The molecule has 1 aromatic rings. The highest BCUT2D eigenvalue weighted by Gasteiger charge is 2.27. The van der Waals surface area contributed by atoms with Crippen molar-refractivity contribution < 1.29 is 9.84 Å². The van der Waals surface area contributed by atoms with E-state index in [9.17, 15) is 5.11 Å². The molecule has 0 aliphatic carbocycles. The van der Waals surface area contributed by atoms with Gasteiger partial charge in [-0.15, -0.1) is 0 Å². The minimum Gasteiger partial charge on any atom is -0.504 e. The van der Waals surface area contributed by atoms with E-state index in [-0.39, 0.29) is 5.75 Å². The molecular formula is C15H24N2O2. The van der Waals surface area contributed by atoms with Crippen molar-refractivity contribution in [2.24, 2.45) is 11.7 Å². The molecule has 2 atom stereocenters. The minimum atomic E-state index is 0.249. The Bertz CT molecular complexity index is 423. The number of methoxy groups -OCH3 is 1. The van der Waals surface area contributed by atoms with Crippen LogP contribution in [0.25, 0.3) is 0 Å². The van der Waals surface area contributed by atoms with Crippen molar-refractivity contribution in [1.82, 2.24) is 4.90 Å². The zero-order valence-electron chi connectivity index (χ0n) is 11.8. The van der Waals surface area contributed by atoms with Crippen LogP contribution in [0.15, 0.2) is 18.2 Å². The molecule has 0 radical (unpaired) electrons. The smallest absolute Gasteiger partial charge is 0.162 e. The maximum absolute atomic E-state index is 10.2. The van der Waals surface area contributed by atoms with Crippen LogP contribution in [0.1, 0.15) is 25.3 Å². The Morgan fingerprint density at radius 2 is 2.26 bits per heavy atom. The van der Waals surface area contributed by atoms with Gasteiger partial charge in [-0.2, -0.15) is 0 Å². The van der Waals surface area contributed by atoms with E-state index >= 15 is 0 Å². The third kappa shape index (κ3) is 3.01. The van der Waals surface area contributed by atoms with Crippen molar-refractivity contribution in [3.05, 3.63) is 23.8 Å². The van der Waals surface area contributed by atoms with Crippen LogP contribution in [0.5, 0.6) is 11.5 Å². The van der Waals surface area contributed by atoms with Gasteiger partial charge in [-0.1, -0.05) is 19.1 Å². The first-order chi connectivity index (χ1) is 9.17. The number of aromatic hydroxyl groups is 1. The first-order valence-corrected chi connectivity index (χ1v) is 6.96. The second-order valence-corrected chi connectivity index (χ2v) is 5.36. The summed E-state index contributed by atoms with van der Waals surface area (Å²) in [5.41, 5.74) is 6.81. The SMILES string of the molecule is COc1cccc(CN2CCCC(C)C2CN)c1O. The summed E-state index contributed by atoms with van der Waals surface area (Å²) >= 11 is 0. The molecule has 19 heavy (non-hydrogen) atoms. The summed E-state index contributed by atoms with van der Waals surface area (Å²) in [7, 11) is 1.57. The topological polar surface area (TPSA) is 58.7 Å². The van der Waals surface area contributed by atoms with Gasteiger partial charge < -0.3 is 15.6 Å². The molecule has 2 rings (SSSR count). The predicted molar refractivity (Wildman–Crippen MR) is 76.3 cm³/mol. The van der Waals surface area contributed by atoms with Crippen molar-refractivity contribution in [2.75, 3.05) is 20.2 Å². The monoisotopic (exact) mass is 264 g/mol. The molecule has 1 aromatic carbocycles. The van der Waals surface area contributed by atoms with Gasteiger partial charge in [0.1, 0.15) is 0 Å². The fourth-order valence-electron chi connectivity index (χ4n) is 2.99. The standard InChI is InChI=1S/C15H24N2O2/c1-11-5-4-8-17(13(11)9-16)10-12-6-3-7-14(19-2)15(12)18/h3,6-7,11,13,18H,4-5,8-10,16H2,1-2H3. The second-order valence-electron chi connectivity index (χ2n) is 5.36. The van der Waals surface area contributed by atoms with E-state index in [1.165, 1.54) is 12.8 Å². The fraction of sp³-hybridized carbons (Fsp3) is 0.600. The average molecular weight is 264 g/mol. The van der Waals surface area contributed by atoms with Gasteiger partial charge in [0.25, 0.3) is 0 Å². The van der Waals surface area contributed by atoms with Gasteiger partial charge in [0.05, 0.1) is 7.11 Å². The molecule has 1 heterocycles. The van der Waals surface area contributed by atoms with E-state index in [0.717, 1.165) is 18.7 Å². The predicted octanol–water partition coefficient (Wildman–Crippen LogP) is 1.96. The number of nitrogens with two attached hydrogens (primary N) is 1. The zero-order chi connectivity index (χ0) is 13.8. The molecule has 4 heteroatoms. The van der Waals surface area contributed by atoms with Crippen molar-refractivity contribution in [3.8, 4) is 11.5 Å². The molecule has 0 aromatic heterocycles. The fourth-order valence-corrected chi connectivity index (χ4v) is 2.99. The lowest BCUT2D eigenvalue weighted by Gasteiger charge is -2.39. The Kier molecular flexibility index (Phi) is 4.66. The Morgan fingerprint density at radius 3 is 2.95 bits per heavy atom.